The monoisotopic (exact) mass is 313 g/mol. The van der Waals surface area contributed by atoms with Gasteiger partial charge in [-0.25, -0.2) is 0 Å². The van der Waals surface area contributed by atoms with Crippen molar-refractivity contribution in [2.24, 2.45) is 0 Å². The van der Waals surface area contributed by atoms with E-state index < -0.39 is 5.60 Å². The van der Waals surface area contributed by atoms with Crippen LogP contribution in [0.2, 0.25) is 5.02 Å². The zero-order chi connectivity index (χ0) is 14.6. The number of hydrogen-bond acceptors (Lipinski definition) is 3. The third-order valence-electron chi connectivity index (χ3n) is 3.60. The molecular formula is C15H20ClNO2S. The quantitative estimate of drug-likeness (QED) is 0.868. The summed E-state index contributed by atoms with van der Waals surface area (Å²) in [6, 6.07) is 7.67. The molecule has 0 aliphatic carbocycles. The number of carbonyl (C=O) groups is 1. The highest BCUT2D eigenvalue weighted by Gasteiger charge is 2.29. The van der Waals surface area contributed by atoms with Gasteiger partial charge in [-0.15, -0.1) is 11.8 Å². The van der Waals surface area contributed by atoms with Crippen molar-refractivity contribution < 1.29 is 9.90 Å². The van der Waals surface area contributed by atoms with Gasteiger partial charge in [-0.3, -0.25) is 4.79 Å². The van der Waals surface area contributed by atoms with Gasteiger partial charge < -0.3 is 10.0 Å². The molecule has 0 unspecified atom stereocenters. The number of hydrogen-bond donors (Lipinski definition) is 1. The maximum absolute atomic E-state index is 12.1. The van der Waals surface area contributed by atoms with Crippen LogP contribution in [0.5, 0.6) is 0 Å². The van der Waals surface area contributed by atoms with Crippen molar-refractivity contribution in [2.75, 3.05) is 18.8 Å². The largest absolute Gasteiger partial charge is 0.390 e. The van der Waals surface area contributed by atoms with Crippen LogP contribution in [0.1, 0.15) is 26.2 Å². The molecule has 1 aliphatic heterocycles. The third-order valence-corrected chi connectivity index (χ3v) is 5.12. The van der Waals surface area contributed by atoms with E-state index >= 15 is 0 Å². The van der Waals surface area contributed by atoms with E-state index in [1.54, 1.807) is 11.8 Å². The molecule has 1 amide bonds. The molecule has 3 nitrogen and oxygen atoms in total. The topological polar surface area (TPSA) is 40.5 Å². The highest BCUT2D eigenvalue weighted by molar-refractivity contribution is 7.99. The number of thioether (sulfide) groups is 1. The van der Waals surface area contributed by atoms with Crippen molar-refractivity contribution in [3.63, 3.8) is 0 Å². The van der Waals surface area contributed by atoms with Crippen LogP contribution < -0.4 is 0 Å². The number of rotatable bonds is 4. The minimum Gasteiger partial charge on any atom is -0.390 e. The first-order valence-corrected chi connectivity index (χ1v) is 8.22. The Kier molecular flexibility index (Phi) is 5.35. The van der Waals surface area contributed by atoms with E-state index in [1.807, 2.05) is 36.1 Å². The summed E-state index contributed by atoms with van der Waals surface area (Å²) in [6.45, 7) is 3.15. The molecule has 20 heavy (non-hydrogen) atoms. The van der Waals surface area contributed by atoms with Gasteiger partial charge in [0, 0.05) is 30.2 Å². The summed E-state index contributed by atoms with van der Waals surface area (Å²) in [5, 5.41) is 10.6. The number of aliphatic hydroxyl groups is 1. The van der Waals surface area contributed by atoms with Crippen LogP contribution in [0.25, 0.3) is 0 Å². The van der Waals surface area contributed by atoms with Crippen molar-refractivity contribution >= 4 is 29.3 Å². The Morgan fingerprint density at radius 3 is 2.70 bits per heavy atom. The molecule has 1 aliphatic rings. The van der Waals surface area contributed by atoms with Crippen LogP contribution in [0.3, 0.4) is 0 Å². The molecule has 1 aromatic rings. The number of halogens is 1. The van der Waals surface area contributed by atoms with E-state index in [2.05, 4.69) is 0 Å². The summed E-state index contributed by atoms with van der Waals surface area (Å²) in [7, 11) is 0. The Hall–Kier alpha value is -0.710. The van der Waals surface area contributed by atoms with Crippen LogP contribution in [-0.2, 0) is 4.79 Å². The lowest BCUT2D eigenvalue weighted by Crippen LogP contribution is -2.45. The molecule has 0 radical (unpaired) electrons. The van der Waals surface area contributed by atoms with Crippen molar-refractivity contribution in [1.82, 2.24) is 4.90 Å². The first-order valence-electron chi connectivity index (χ1n) is 6.85. The number of nitrogens with zero attached hydrogens (tertiary/aromatic N) is 1. The Labute approximate surface area is 129 Å². The second kappa shape index (κ2) is 6.83. The van der Waals surface area contributed by atoms with Gasteiger partial charge in [-0.05, 0) is 31.9 Å². The Bertz CT molecular complexity index is 469. The molecule has 1 saturated heterocycles. The molecule has 0 atom stereocenters. The van der Waals surface area contributed by atoms with E-state index in [-0.39, 0.29) is 5.91 Å². The van der Waals surface area contributed by atoms with Gasteiger partial charge in [-0.2, -0.15) is 0 Å². The average Bonchev–Trinajstić information content (AvgIpc) is 2.40. The lowest BCUT2D eigenvalue weighted by Gasteiger charge is -2.35. The number of benzene rings is 1. The highest BCUT2D eigenvalue weighted by Crippen LogP contribution is 2.27. The molecule has 2 rings (SSSR count). The molecule has 1 aromatic carbocycles. The smallest absolute Gasteiger partial charge is 0.223 e. The van der Waals surface area contributed by atoms with Crippen molar-refractivity contribution in [2.45, 2.75) is 36.7 Å². The fourth-order valence-corrected chi connectivity index (χ4v) is 3.38. The molecule has 1 heterocycles. The maximum Gasteiger partial charge on any atom is 0.223 e. The molecule has 0 bridgehead atoms. The number of carbonyl (C=O) groups excluding carboxylic acids is 1. The predicted molar refractivity (Wildman–Crippen MR) is 83.2 cm³/mol. The average molecular weight is 314 g/mol. The van der Waals surface area contributed by atoms with Crippen molar-refractivity contribution in [1.29, 1.82) is 0 Å². The summed E-state index contributed by atoms with van der Waals surface area (Å²) >= 11 is 7.69. The summed E-state index contributed by atoms with van der Waals surface area (Å²) in [5.74, 6) is 0.898. The zero-order valence-corrected chi connectivity index (χ0v) is 13.2. The van der Waals surface area contributed by atoms with Gasteiger partial charge in [0.05, 0.1) is 10.6 Å². The van der Waals surface area contributed by atoms with E-state index in [1.165, 1.54) is 0 Å². The fourth-order valence-electron chi connectivity index (χ4n) is 2.21. The first-order chi connectivity index (χ1) is 9.48. The molecule has 0 spiro atoms. The first kappa shape index (κ1) is 15.7. The lowest BCUT2D eigenvalue weighted by atomic mass is 9.94. The molecular weight excluding hydrogens is 294 g/mol. The molecule has 1 N–H and O–H groups in total. The normalized spacial score (nSPS) is 18.1. The van der Waals surface area contributed by atoms with E-state index in [0.717, 1.165) is 15.7 Å². The van der Waals surface area contributed by atoms with Crippen LogP contribution in [0, 0.1) is 0 Å². The molecule has 1 fully saturated rings. The van der Waals surface area contributed by atoms with Crippen LogP contribution in [-0.4, -0.2) is 40.4 Å². The zero-order valence-electron chi connectivity index (χ0n) is 11.6. The third kappa shape index (κ3) is 4.40. The Morgan fingerprint density at radius 2 is 2.05 bits per heavy atom. The SMILES string of the molecule is CC1(O)CCN(C(=O)CCSc2ccccc2Cl)CC1. The van der Waals surface area contributed by atoms with Crippen LogP contribution in [0.4, 0.5) is 0 Å². The lowest BCUT2D eigenvalue weighted by molar-refractivity contribution is -0.134. The van der Waals surface area contributed by atoms with Gasteiger partial charge in [0.25, 0.3) is 0 Å². The number of piperidine rings is 1. The summed E-state index contributed by atoms with van der Waals surface area (Å²) < 4.78 is 0. The predicted octanol–water partition coefficient (Wildman–Crippen LogP) is 3.20. The molecule has 5 heteroatoms. The fraction of sp³-hybridized carbons (Fsp3) is 0.533. The molecule has 110 valence electrons. The summed E-state index contributed by atoms with van der Waals surface area (Å²) in [5.41, 5.74) is -0.608. The molecule has 0 aromatic heterocycles. The Morgan fingerprint density at radius 1 is 1.40 bits per heavy atom. The standard InChI is InChI=1S/C15H20ClNO2S/c1-15(19)7-9-17(10-8-15)14(18)6-11-20-13-5-3-2-4-12(13)16/h2-5,19H,6-11H2,1H3. The summed E-state index contributed by atoms with van der Waals surface area (Å²) in [6.07, 6.45) is 1.84. The van der Waals surface area contributed by atoms with Crippen molar-refractivity contribution in [3.05, 3.63) is 29.3 Å². The van der Waals surface area contributed by atoms with E-state index in [9.17, 15) is 9.90 Å². The highest BCUT2D eigenvalue weighted by atomic mass is 35.5. The Balaban J connectivity index is 1.75. The van der Waals surface area contributed by atoms with Crippen LogP contribution >= 0.6 is 23.4 Å². The minimum absolute atomic E-state index is 0.167. The van der Waals surface area contributed by atoms with Crippen LogP contribution in [0.15, 0.2) is 29.2 Å². The van der Waals surface area contributed by atoms with E-state index in [4.69, 9.17) is 11.6 Å². The van der Waals surface area contributed by atoms with E-state index in [0.29, 0.717) is 32.4 Å². The van der Waals surface area contributed by atoms with Crippen molar-refractivity contribution in [3.8, 4) is 0 Å². The second-order valence-corrected chi connectivity index (χ2v) is 6.95. The molecule has 0 saturated carbocycles. The number of amides is 1. The second-order valence-electron chi connectivity index (χ2n) is 5.41. The maximum atomic E-state index is 12.1. The van der Waals surface area contributed by atoms with Gasteiger partial charge in [0.2, 0.25) is 5.91 Å². The number of likely N-dealkylation sites (tertiary alicyclic amines) is 1. The summed E-state index contributed by atoms with van der Waals surface area (Å²) in [4.78, 5) is 15.0. The van der Waals surface area contributed by atoms with Gasteiger partial charge in [0.15, 0.2) is 0 Å². The minimum atomic E-state index is -0.608. The van der Waals surface area contributed by atoms with Gasteiger partial charge in [-0.1, -0.05) is 23.7 Å². The van der Waals surface area contributed by atoms with Gasteiger partial charge in [0.1, 0.15) is 0 Å². The van der Waals surface area contributed by atoms with Gasteiger partial charge >= 0.3 is 0 Å².